The number of aromatic amines is 1. The summed E-state index contributed by atoms with van der Waals surface area (Å²) in [6, 6.07) is 9.14. The molecule has 2 N–H and O–H groups in total. The molecule has 0 radical (unpaired) electrons. The van der Waals surface area contributed by atoms with Gasteiger partial charge in [-0.15, -0.1) is 0 Å². The molecule has 16 heavy (non-hydrogen) atoms. The van der Waals surface area contributed by atoms with Gasteiger partial charge < -0.3 is 10.1 Å². The van der Waals surface area contributed by atoms with Gasteiger partial charge in [0, 0.05) is 11.2 Å². The summed E-state index contributed by atoms with van der Waals surface area (Å²) in [6.07, 6.45) is 0. The van der Waals surface area contributed by atoms with Gasteiger partial charge >= 0.3 is 5.97 Å². The normalized spacial score (nSPS) is 12.6. The second kappa shape index (κ2) is 3.81. The minimum atomic E-state index is -1.13. The first kappa shape index (κ1) is 10.4. The SMILES string of the molecule is CC(=O)C(C(=O)O)c1cc2ccccc2[nH]1. The fraction of sp³-hybridized carbons (Fsp3) is 0.167. The highest BCUT2D eigenvalue weighted by Gasteiger charge is 2.26. The monoisotopic (exact) mass is 217 g/mol. The van der Waals surface area contributed by atoms with Crippen molar-refractivity contribution < 1.29 is 14.7 Å². The van der Waals surface area contributed by atoms with Crippen molar-refractivity contribution in [1.29, 1.82) is 0 Å². The molecule has 0 aliphatic carbocycles. The van der Waals surface area contributed by atoms with Crippen molar-refractivity contribution in [2.75, 3.05) is 0 Å². The maximum absolute atomic E-state index is 11.3. The number of para-hydroxylation sites is 1. The summed E-state index contributed by atoms with van der Waals surface area (Å²) in [7, 11) is 0. The molecule has 0 aliphatic heterocycles. The summed E-state index contributed by atoms with van der Waals surface area (Å²) >= 11 is 0. The number of carboxylic acids is 1. The Morgan fingerprint density at radius 1 is 1.31 bits per heavy atom. The van der Waals surface area contributed by atoms with Crippen molar-refractivity contribution in [3.05, 3.63) is 36.0 Å². The Morgan fingerprint density at radius 3 is 2.56 bits per heavy atom. The lowest BCUT2D eigenvalue weighted by atomic mass is 10.0. The van der Waals surface area contributed by atoms with Gasteiger partial charge in [0.05, 0.1) is 0 Å². The summed E-state index contributed by atoms with van der Waals surface area (Å²) in [5.74, 6) is -2.61. The number of H-pyrrole nitrogens is 1. The minimum Gasteiger partial charge on any atom is -0.480 e. The molecule has 0 fully saturated rings. The van der Waals surface area contributed by atoms with Crippen molar-refractivity contribution in [3.63, 3.8) is 0 Å². The molecular formula is C12H11NO3. The van der Waals surface area contributed by atoms with E-state index < -0.39 is 11.9 Å². The van der Waals surface area contributed by atoms with Gasteiger partial charge in [-0.2, -0.15) is 0 Å². The quantitative estimate of drug-likeness (QED) is 0.771. The van der Waals surface area contributed by atoms with E-state index in [1.165, 1.54) is 6.92 Å². The van der Waals surface area contributed by atoms with E-state index >= 15 is 0 Å². The molecule has 2 rings (SSSR count). The van der Waals surface area contributed by atoms with E-state index in [1.54, 1.807) is 6.07 Å². The molecule has 0 bridgehead atoms. The number of carboxylic acid groups (broad SMARTS) is 1. The predicted molar refractivity (Wildman–Crippen MR) is 59.4 cm³/mol. The van der Waals surface area contributed by atoms with E-state index in [1.807, 2.05) is 24.3 Å². The van der Waals surface area contributed by atoms with E-state index in [0.717, 1.165) is 10.9 Å². The highest BCUT2D eigenvalue weighted by Crippen LogP contribution is 2.22. The smallest absolute Gasteiger partial charge is 0.320 e. The second-order valence-electron chi connectivity index (χ2n) is 3.69. The average molecular weight is 217 g/mol. The number of ketones is 1. The van der Waals surface area contributed by atoms with Crippen LogP contribution in [0.1, 0.15) is 18.5 Å². The summed E-state index contributed by atoms with van der Waals surface area (Å²) < 4.78 is 0. The second-order valence-corrected chi connectivity index (χ2v) is 3.69. The summed E-state index contributed by atoms with van der Waals surface area (Å²) in [4.78, 5) is 25.2. The number of benzene rings is 1. The fourth-order valence-electron chi connectivity index (χ4n) is 1.78. The number of rotatable bonds is 3. The Bertz CT molecular complexity index is 509. The summed E-state index contributed by atoms with van der Waals surface area (Å²) in [5.41, 5.74) is 1.27. The number of aliphatic carboxylic acids is 1. The van der Waals surface area contributed by atoms with Crippen molar-refractivity contribution in [2.24, 2.45) is 0 Å². The Hall–Kier alpha value is -2.10. The lowest BCUT2D eigenvalue weighted by molar-refractivity contribution is -0.142. The van der Waals surface area contributed by atoms with Crippen molar-refractivity contribution >= 4 is 22.7 Å². The maximum Gasteiger partial charge on any atom is 0.320 e. The van der Waals surface area contributed by atoms with Crippen LogP contribution in [0, 0.1) is 0 Å². The van der Waals surface area contributed by atoms with Gasteiger partial charge in [0.25, 0.3) is 0 Å². The van der Waals surface area contributed by atoms with Gasteiger partial charge in [0.15, 0.2) is 5.92 Å². The van der Waals surface area contributed by atoms with Crippen LogP contribution in [0.5, 0.6) is 0 Å². The molecule has 82 valence electrons. The van der Waals surface area contributed by atoms with Crippen molar-refractivity contribution in [3.8, 4) is 0 Å². The Balaban J connectivity index is 2.53. The minimum absolute atomic E-state index is 0.376. The zero-order chi connectivity index (χ0) is 11.7. The van der Waals surface area contributed by atoms with Crippen molar-refractivity contribution in [2.45, 2.75) is 12.8 Å². The fourth-order valence-corrected chi connectivity index (χ4v) is 1.78. The lowest BCUT2D eigenvalue weighted by Crippen LogP contribution is -2.19. The first-order valence-electron chi connectivity index (χ1n) is 4.90. The van der Waals surface area contributed by atoms with E-state index in [9.17, 15) is 9.59 Å². The molecule has 0 aliphatic rings. The summed E-state index contributed by atoms with van der Waals surface area (Å²) in [5, 5.41) is 9.89. The molecule has 1 aromatic heterocycles. The molecule has 0 saturated carbocycles. The van der Waals surface area contributed by atoms with Crippen LogP contribution in [0.25, 0.3) is 10.9 Å². The third-order valence-electron chi connectivity index (χ3n) is 2.52. The Kier molecular flexibility index (Phi) is 2.48. The van der Waals surface area contributed by atoms with E-state index in [0.29, 0.717) is 5.69 Å². The molecule has 1 heterocycles. The number of hydrogen-bond acceptors (Lipinski definition) is 2. The highest BCUT2D eigenvalue weighted by molar-refractivity contribution is 6.03. The van der Waals surface area contributed by atoms with Crippen LogP contribution < -0.4 is 0 Å². The molecule has 1 aromatic carbocycles. The van der Waals surface area contributed by atoms with Crippen LogP contribution in [0.3, 0.4) is 0 Å². The van der Waals surface area contributed by atoms with Crippen LogP contribution in [0.4, 0.5) is 0 Å². The van der Waals surface area contributed by atoms with E-state index in [2.05, 4.69) is 4.98 Å². The van der Waals surface area contributed by atoms with E-state index in [4.69, 9.17) is 5.11 Å². The van der Waals surface area contributed by atoms with Gasteiger partial charge in [0.2, 0.25) is 0 Å². The Labute approximate surface area is 91.9 Å². The number of aromatic nitrogens is 1. The van der Waals surface area contributed by atoms with Gasteiger partial charge in [-0.1, -0.05) is 18.2 Å². The maximum atomic E-state index is 11.3. The Morgan fingerprint density at radius 2 is 2.00 bits per heavy atom. The first-order valence-corrected chi connectivity index (χ1v) is 4.90. The van der Waals surface area contributed by atoms with Gasteiger partial charge in [0.1, 0.15) is 5.78 Å². The molecule has 0 saturated heterocycles. The highest BCUT2D eigenvalue weighted by atomic mass is 16.4. The third kappa shape index (κ3) is 1.69. The number of fused-ring (bicyclic) bond motifs is 1. The molecule has 4 nitrogen and oxygen atoms in total. The molecule has 4 heteroatoms. The van der Waals surface area contributed by atoms with Gasteiger partial charge in [-0.25, -0.2) is 0 Å². The van der Waals surface area contributed by atoms with Crippen LogP contribution in [0.15, 0.2) is 30.3 Å². The van der Waals surface area contributed by atoms with Gasteiger partial charge in [-0.3, -0.25) is 9.59 Å². The number of nitrogens with one attached hydrogen (secondary N) is 1. The number of Topliss-reactive ketones (excluding diaryl/α,β-unsaturated/α-hetero) is 1. The van der Waals surface area contributed by atoms with Crippen LogP contribution in [-0.2, 0) is 9.59 Å². The molecule has 2 aromatic rings. The zero-order valence-electron chi connectivity index (χ0n) is 8.73. The van der Waals surface area contributed by atoms with E-state index in [-0.39, 0.29) is 5.78 Å². The number of carbonyl (C=O) groups is 2. The lowest BCUT2D eigenvalue weighted by Gasteiger charge is -2.05. The first-order chi connectivity index (χ1) is 7.59. The van der Waals surface area contributed by atoms with Crippen molar-refractivity contribution in [1.82, 2.24) is 4.98 Å². The molecule has 1 unspecified atom stereocenters. The van der Waals surface area contributed by atoms with Crippen LogP contribution in [-0.4, -0.2) is 21.8 Å². The summed E-state index contributed by atoms with van der Waals surface area (Å²) in [6.45, 7) is 1.28. The largest absolute Gasteiger partial charge is 0.480 e. The average Bonchev–Trinajstić information content (AvgIpc) is 2.58. The molecule has 0 amide bonds. The number of carbonyl (C=O) groups excluding carboxylic acids is 1. The molecular weight excluding hydrogens is 206 g/mol. The molecule has 0 spiro atoms. The molecule has 1 atom stereocenters. The van der Waals surface area contributed by atoms with Crippen LogP contribution in [0.2, 0.25) is 0 Å². The van der Waals surface area contributed by atoms with Crippen LogP contribution >= 0.6 is 0 Å². The van der Waals surface area contributed by atoms with Gasteiger partial charge in [-0.05, 0) is 24.4 Å². The number of hydrogen-bond donors (Lipinski definition) is 2. The third-order valence-corrected chi connectivity index (χ3v) is 2.52. The topological polar surface area (TPSA) is 70.2 Å². The standard InChI is InChI=1S/C12H11NO3/c1-7(14)11(12(15)16)10-6-8-4-2-3-5-9(8)13-10/h2-6,11,13H,1H3,(H,15,16). The predicted octanol–water partition coefficient (Wildman–Crippen LogP) is 1.93. The zero-order valence-corrected chi connectivity index (χ0v) is 8.73.